The maximum absolute atomic E-state index is 5.40. The van der Waals surface area contributed by atoms with E-state index in [0.29, 0.717) is 13.2 Å². The Labute approximate surface area is 106 Å². The first-order chi connectivity index (χ1) is 8.33. The molecule has 1 rings (SSSR count). The molecule has 0 bridgehead atoms. The lowest BCUT2D eigenvalue weighted by atomic mass is 9.81. The molecule has 17 heavy (non-hydrogen) atoms. The number of rotatable bonds is 9. The van der Waals surface area contributed by atoms with E-state index < -0.39 is 0 Å². The van der Waals surface area contributed by atoms with Crippen molar-refractivity contribution in [3.8, 4) is 0 Å². The fraction of sp³-hybridized carbons (Fsp3) is 1.00. The Kier molecular flexibility index (Phi) is 8.67. The van der Waals surface area contributed by atoms with E-state index in [9.17, 15) is 0 Å². The van der Waals surface area contributed by atoms with Crippen molar-refractivity contribution in [1.82, 2.24) is 5.32 Å². The van der Waals surface area contributed by atoms with Crippen LogP contribution in [0.1, 0.15) is 39.0 Å². The molecule has 0 radical (unpaired) electrons. The van der Waals surface area contributed by atoms with E-state index in [0.717, 1.165) is 31.5 Å². The van der Waals surface area contributed by atoms with Crippen LogP contribution in [-0.2, 0) is 9.47 Å². The molecule has 0 saturated heterocycles. The summed E-state index contributed by atoms with van der Waals surface area (Å²) in [4.78, 5) is 0. The smallest absolute Gasteiger partial charge is 0.0700 e. The molecule has 1 N–H and O–H groups in total. The van der Waals surface area contributed by atoms with Gasteiger partial charge in [-0.1, -0.05) is 26.2 Å². The lowest BCUT2D eigenvalue weighted by molar-refractivity contribution is 0.0718. The molecule has 102 valence electrons. The minimum absolute atomic E-state index is 0.694. The monoisotopic (exact) mass is 243 g/mol. The maximum Gasteiger partial charge on any atom is 0.0700 e. The first kappa shape index (κ1) is 14.9. The third-order valence-corrected chi connectivity index (χ3v) is 3.63. The summed E-state index contributed by atoms with van der Waals surface area (Å²) in [6.07, 6.45) is 7.09. The summed E-state index contributed by atoms with van der Waals surface area (Å²) in [7, 11) is 1.70. The van der Waals surface area contributed by atoms with E-state index in [1.54, 1.807) is 7.11 Å². The molecule has 1 aliphatic carbocycles. The van der Waals surface area contributed by atoms with Crippen LogP contribution in [0.4, 0.5) is 0 Å². The normalized spacial score (nSPS) is 25.1. The Morgan fingerprint density at radius 2 is 2.00 bits per heavy atom. The zero-order valence-corrected chi connectivity index (χ0v) is 11.5. The molecule has 3 heteroatoms. The standard InChI is InChI=1S/C14H29NO2/c1-13-4-3-5-14(12-13)6-7-15-8-9-17-11-10-16-2/h13-15H,3-12H2,1-2H3. The van der Waals surface area contributed by atoms with Crippen LogP contribution >= 0.6 is 0 Å². The van der Waals surface area contributed by atoms with E-state index in [4.69, 9.17) is 9.47 Å². The average Bonchev–Trinajstić information content (AvgIpc) is 2.33. The predicted octanol–water partition coefficient (Wildman–Crippen LogP) is 2.46. The summed E-state index contributed by atoms with van der Waals surface area (Å²) in [6.45, 7) is 6.70. The van der Waals surface area contributed by atoms with E-state index in [-0.39, 0.29) is 0 Å². The average molecular weight is 243 g/mol. The van der Waals surface area contributed by atoms with E-state index >= 15 is 0 Å². The Morgan fingerprint density at radius 3 is 2.76 bits per heavy atom. The van der Waals surface area contributed by atoms with Crippen LogP contribution in [0.25, 0.3) is 0 Å². The van der Waals surface area contributed by atoms with Gasteiger partial charge >= 0.3 is 0 Å². The van der Waals surface area contributed by atoms with Gasteiger partial charge in [0.2, 0.25) is 0 Å². The highest BCUT2D eigenvalue weighted by Gasteiger charge is 2.17. The molecule has 0 aromatic heterocycles. The summed E-state index contributed by atoms with van der Waals surface area (Å²) >= 11 is 0. The van der Waals surface area contributed by atoms with Crippen molar-refractivity contribution in [3.63, 3.8) is 0 Å². The fourth-order valence-corrected chi connectivity index (χ4v) is 2.64. The van der Waals surface area contributed by atoms with E-state index in [2.05, 4.69) is 12.2 Å². The van der Waals surface area contributed by atoms with Crippen LogP contribution in [0.15, 0.2) is 0 Å². The van der Waals surface area contributed by atoms with Gasteiger partial charge in [0, 0.05) is 13.7 Å². The molecule has 2 atom stereocenters. The van der Waals surface area contributed by atoms with Gasteiger partial charge in [0.1, 0.15) is 0 Å². The van der Waals surface area contributed by atoms with Crippen molar-refractivity contribution < 1.29 is 9.47 Å². The Bertz CT molecular complexity index is 176. The van der Waals surface area contributed by atoms with Crippen LogP contribution in [0.5, 0.6) is 0 Å². The first-order valence-electron chi connectivity index (χ1n) is 7.10. The fourth-order valence-electron chi connectivity index (χ4n) is 2.64. The molecule has 0 aliphatic heterocycles. The van der Waals surface area contributed by atoms with Crippen molar-refractivity contribution in [1.29, 1.82) is 0 Å². The zero-order valence-electron chi connectivity index (χ0n) is 11.5. The van der Waals surface area contributed by atoms with Gasteiger partial charge in [-0.3, -0.25) is 0 Å². The van der Waals surface area contributed by atoms with Crippen LogP contribution in [0.3, 0.4) is 0 Å². The molecule has 0 spiro atoms. The largest absolute Gasteiger partial charge is 0.382 e. The van der Waals surface area contributed by atoms with Crippen molar-refractivity contribution in [2.45, 2.75) is 39.0 Å². The first-order valence-corrected chi connectivity index (χ1v) is 7.10. The Hall–Kier alpha value is -0.120. The summed E-state index contributed by atoms with van der Waals surface area (Å²) in [5, 5.41) is 3.46. The van der Waals surface area contributed by atoms with Gasteiger partial charge in [-0.05, 0) is 31.2 Å². The third-order valence-electron chi connectivity index (χ3n) is 3.63. The molecule has 0 aromatic carbocycles. The van der Waals surface area contributed by atoms with Gasteiger partial charge in [0.05, 0.1) is 19.8 Å². The quantitative estimate of drug-likeness (QED) is 0.631. The topological polar surface area (TPSA) is 30.5 Å². The van der Waals surface area contributed by atoms with Crippen molar-refractivity contribution in [2.24, 2.45) is 11.8 Å². The van der Waals surface area contributed by atoms with E-state index in [1.165, 1.54) is 32.1 Å². The summed E-state index contributed by atoms with van der Waals surface area (Å²) in [6, 6.07) is 0. The molecule has 3 nitrogen and oxygen atoms in total. The lowest BCUT2D eigenvalue weighted by Gasteiger charge is -2.26. The second-order valence-electron chi connectivity index (χ2n) is 5.28. The molecule has 1 saturated carbocycles. The van der Waals surface area contributed by atoms with Crippen molar-refractivity contribution >= 4 is 0 Å². The highest BCUT2D eigenvalue weighted by atomic mass is 16.5. The lowest BCUT2D eigenvalue weighted by Crippen LogP contribution is -2.24. The molecule has 0 aromatic rings. The molecular formula is C14H29NO2. The summed E-state index contributed by atoms with van der Waals surface area (Å²) in [5.74, 6) is 1.91. The number of ether oxygens (including phenoxy) is 2. The van der Waals surface area contributed by atoms with Gasteiger partial charge in [0.15, 0.2) is 0 Å². The zero-order chi connectivity index (χ0) is 12.3. The summed E-state index contributed by atoms with van der Waals surface area (Å²) < 4.78 is 10.3. The number of hydrogen-bond donors (Lipinski definition) is 1. The van der Waals surface area contributed by atoms with Crippen molar-refractivity contribution in [3.05, 3.63) is 0 Å². The van der Waals surface area contributed by atoms with Gasteiger partial charge in [-0.15, -0.1) is 0 Å². The molecule has 1 fully saturated rings. The maximum atomic E-state index is 5.40. The van der Waals surface area contributed by atoms with Crippen molar-refractivity contribution in [2.75, 3.05) is 40.0 Å². The molecule has 0 amide bonds. The van der Waals surface area contributed by atoms with Crippen LogP contribution < -0.4 is 5.32 Å². The van der Waals surface area contributed by atoms with Gasteiger partial charge in [-0.2, -0.15) is 0 Å². The molecule has 1 aliphatic rings. The minimum atomic E-state index is 0.694. The SMILES string of the molecule is COCCOCCNCCC1CCCC(C)C1. The Morgan fingerprint density at radius 1 is 1.12 bits per heavy atom. The van der Waals surface area contributed by atoms with Crippen LogP contribution in [0, 0.1) is 11.8 Å². The Balaban J connectivity index is 1.83. The van der Waals surface area contributed by atoms with Gasteiger partial charge in [0.25, 0.3) is 0 Å². The summed E-state index contributed by atoms with van der Waals surface area (Å²) in [5.41, 5.74) is 0. The van der Waals surface area contributed by atoms with E-state index in [1.807, 2.05) is 0 Å². The number of hydrogen-bond acceptors (Lipinski definition) is 3. The molecular weight excluding hydrogens is 214 g/mol. The highest BCUT2D eigenvalue weighted by Crippen LogP contribution is 2.30. The van der Waals surface area contributed by atoms with Crippen LogP contribution in [-0.4, -0.2) is 40.0 Å². The second-order valence-corrected chi connectivity index (χ2v) is 5.28. The van der Waals surface area contributed by atoms with Gasteiger partial charge in [-0.25, -0.2) is 0 Å². The number of methoxy groups -OCH3 is 1. The van der Waals surface area contributed by atoms with Crippen LogP contribution in [0.2, 0.25) is 0 Å². The number of nitrogens with one attached hydrogen (secondary N) is 1. The molecule has 2 unspecified atom stereocenters. The predicted molar refractivity (Wildman–Crippen MR) is 71.3 cm³/mol. The minimum Gasteiger partial charge on any atom is -0.382 e. The third kappa shape index (κ3) is 7.74. The molecule has 0 heterocycles. The highest BCUT2D eigenvalue weighted by molar-refractivity contribution is 4.71. The van der Waals surface area contributed by atoms with Gasteiger partial charge < -0.3 is 14.8 Å². The second kappa shape index (κ2) is 9.86.